The lowest BCUT2D eigenvalue weighted by atomic mass is 10.3. The van der Waals surface area contributed by atoms with Crippen molar-refractivity contribution in [3.63, 3.8) is 0 Å². The molecule has 2 N–H and O–H groups in total. The summed E-state index contributed by atoms with van der Waals surface area (Å²) in [5, 5.41) is 0. The highest BCUT2D eigenvalue weighted by Crippen LogP contribution is 2.38. The topological polar surface area (TPSA) is 55.0 Å². The van der Waals surface area contributed by atoms with Gasteiger partial charge in [0.25, 0.3) is 0 Å². The van der Waals surface area contributed by atoms with Crippen LogP contribution >= 0.6 is 0 Å². The highest BCUT2D eigenvalue weighted by atomic mass is 15.2. The van der Waals surface area contributed by atoms with E-state index in [1.165, 1.54) is 25.7 Å². The van der Waals surface area contributed by atoms with Crippen molar-refractivity contribution in [3.05, 3.63) is 12.5 Å². The van der Waals surface area contributed by atoms with Gasteiger partial charge in [-0.2, -0.15) is 0 Å². The predicted octanol–water partition coefficient (Wildman–Crippen LogP) is 1.44. The largest absolute Gasteiger partial charge is 0.394 e. The summed E-state index contributed by atoms with van der Waals surface area (Å²) in [5.74, 6) is 1.82. The van der Waals surface area contributed by atoms with Gasteiger partial charge in [-0.05, 0) is 31.6 Å². The van der Waals surface area contributed by atoms with Crippen molar-refractivity contribution in [2.75, 3.05) is 17.2 Å². The number of aromatic nitrogens is 2. The van der Waals surface area contributed by atoms with Crippen LogP contribution in [-0.4, -0.2) is 22.6 Å². The fourth-order valence-electron chi connectivity index (χ4n) is 1.95. The zero-order valence-corrected chi connectivity index (χ0v) is 8.76. The number of hydrogen-bond donors (Lipinski definition) is 1. The molecular weight excluding hydrogens is 188 g/mol. The quantitative estimate of drug-likeness (QED) is 0.806. The van der Waals surface area contributed by atoms with Crippen molar-refractivity contribution in [2.45, 2.75) is 31.7 Å². The first-order valence-corrected chi connectivity index (χ1v) is 5.66. The maximum atomic E-state index is 5.92. The number of anilines is 2. The maximum absolute atomic E-state index is 5.92. The van der Waals surface area contributed by atoms with Crippen LogP contribution < -0.4 is 10.6 Å². The molecule has 1 aromatic rings. The van der Waals surface area contributed by atoms with E-state index in [0.717, 1.165) is 18.3 Å². The van der Waals surface area contributed by atoms with Gasteiger partial charge in [-0.25, -0.2) is 9.97 Å². The van der Waals surface area contributed by atoms with E-state index in [-0.39, 0.29) is 0 Å². The summed E-state index contributed by atoms with van der Waals surface area (Å²) in [6.45, 7) is 1.13. The maximum Gasteiger partial charge on any atom is 0.155 e. The summed E-state index contributed by atoms with van der Waals surface area (Å²) >= 11 is 0. The average Bonchev–Trinajstić information content (AvgIpc) is 3.10. The molecule has 0 bridgehead atoms. The summed E-state index contributed by atoms with van der Waals surface area (Å²) in [6, 6.07) is 0.683. The SMILES string of the molecule is Nc1cncnc1N(CC1CC1)C1CC1. The van der Waals surface area contributed by atoms with Crippen molar-refractivity contribution < 1.29 is 0 Å². The molecule has 0 unspecified atom stereocenters. The molecule has 15 heavy (non-hydrogen) atoms. The van der Waals surface area contributed by atoms with E-state index in [1.54, 1.807) is 12.5 Å². The predicted molar refractivity (Wildman–Crippen MR) is 59.5 cm³/mol. The van der Waals surface area contributed by atoms with E-state index in [2.05, 4.69) is 14.9 Å². The molecule has 1 aromatic heterocycles. The second-order valence-electron chi connectivity index (χ2n) is 4.63. The van der Waals surface area contributed by atoms with Gasteiger partial charge < -0.3 is 10.6 Å². The fourth-order valence-corrected chi connectivity index (χ4v) is 1.95. The van der Waals surface area contributed by atoms with Gasteiger partial charge in [0.05, 0.1) is 11.9 Å². The fraction of sp³-hybridized carbons (Fsp3) is 0.636. The van der Waals surface area contributed by atoms with Crippen LogP contribution in [0.1, 0.15) is 25.7 Å². The molecule has 2 saturated carbocycles. The van der Waals surface area contributed by atoms with Crippen molar-refractivity contribution in [3.8, 4) is 0 Å². The summed E-state index contributed by atoms with van der Waals surface area (Å²) in [7, 11) is 0. The monoisotopic (exact) mass is 204 g/mol. The Bertz CT molecular complexity index is 357. The number of hydrogen-bond acceptors (Lipinski definition) is 4. The highest BCUT2D eigenvalue weighted by molar-refractivity contribution is 5.62. The Morgan fingerprint density at radius 2 is 2.13 bits per heavy atom. The normalized spacial score (nSPS) is 20.3. The molecule has 1 heterocycles. The zero-order valence-electron chi connectivity index (χ0n) is 8.76. The Morgan fingerprint density at radius 1 is 1.33 bits per heavy atom. The van der Waals surface area contributed by atoms with Gasteiger partial charge >= 0.3 is 0 Å². The molecule has 0 amide bonds. The first-order chi connectivity index (χ1) is 7.34. The summed E-state index contributed by atoms with van der Waals surface area (Å²) in [5.41, 5.74) is 6.63. The van der Waals surface area contributed by atoms with Crippen LogP contribution in [0.2, 0.25) is 0 Å². The summed E-state index contributed by atoms with van der Waals surface area (Å²) in [4.78, 5) is 10.6. The number of nitrogens with two attached hydrogens (primary N) is 1. The molecule has 4 nitrogen and oxygen atoms in total. The van der Waals surface area contributed by atoms with Gasteiger partial charge in [0.15, 0.2) is 5.82 Å². The van der Waals surface area contributed by atoms with Crippen LogP contribution in [0.4, 0.5) is 11.5 Å². The Morgan fingerprint density at radius 3 is 2.73 bits per heavy atom. The average molecular weight is 204 g/mol. The third kappa shape index (κ3) is 1.89. The van der Waals surface area contributed by atoms with Gasteiger partial charge in [0, 0.05) is 12.6 Å². The van der Waals surface area contributed by atoms with Crippen LogP contribution in [0.3, 0.4) is 0 Å². The molecule has 2 aliphatic rings. The minimum Gasteiger partial charge on any atom is -0.394 e. The van der Waals surface area contributed by atoms with Crippen LogP contribution in [0, 0.1) is 5.92 Å². The molecule has 3 rings (SSSR count). The van der Waals surface area contributed by atoms with Crippen molar-refractivity contribution in [1.82, 2.24) is 9.97 Å². The molecule has 2 aliphatic carbocycles. The van der Waals surface area contributed by atoms with Crippen LogP contribution in [0.5, 0.6) is 0 Å². The Kier molecular flexibility index (Phi) is 2.01. The van der Waals surface area contributed by atoms with E-state index in [4.69, 9.17) is 5.73 Å². The number of rotatable bonds is 4. The summed E-state index contributed by atoms with van der Waals surface area (Å²) < 4.78 is 0. The molecule has 4 heteroatoms. The van der Waals surface area contributed by atoms with E-state index in [1.807, 2.05) is 0 Å². The molecule has 0 saturated heterocycles. The van der Waals surface area contributed by atoms with E-state index < -0.39 is 0 Å². The minimum atomic E-state index is 0.683. The molecule has 0 aromatic carbocycles. The molecule has 0 radical (unpaired) electrons. The number of nitrogen functional groups attached to an aromatic ring is 1. The highest BCUT2D eigenvalue weighted by Gasteiger charge is 2.35. The van der Waals surface area contributed by atoms with Gasteiger partial charge in [0.2, 0.25) is 0 Å². The lowest BCUT2D eigenvalue weighted by Crippen LogP contribution is -2.29. The van der Waals surface area contributed by atoms with E-state index in [0.29, 0.717) is 11.7 Å². The second-order valence-corrected chi connectivity index (χ2v) is 4.63. The van der Waals surface area contributed by atoms with Crippen LogP contribution in [-0.2, 0) is 0 Å². The van der Waals surface area contributed by atoms with Crippen LogP contribution in [0.25, 0.3) is 0 Å². The Hall–Kier alpha value is -1.32. The molecule has 0 aliphatic heterocycles. The first-order valence-electron chi connectivity index (χ1n) is 5.66. The zero-order chi connectivity index (χ0) is 10.3. The van der Waals surface area contributed by atoms with Crippen LogP contribution in [0.15, 0.2) is 12.5 Å². The number of nitrogens with zero attached hydrogens (tertiary/aromatic N) is 3. The van der Waals surface area contributed by atoms with Gasteiger partial charge in [-0.15, -0.1) is 0 Å². The molecule has 0 spiro atoms. The second kappa shape index (κ2) is 3.36. The minimum absolute atomic E-state index is 0.683. The first kappa shape index (κ1) is 8.95. The third-order valence-electron chi connectivity index (χ3n) is 3.13. The van der Waals surface area contributed by atoms with E-state index >= 15 is 0 Å². The smallest absolute Gasteiger partial charge is 0.155 e. The molecule has 2 fully saturated rings. The van der Waals surface area contributed by atoms with Crippen molar-refractivity contribution >= 4 is 11.5 Å². The van der Waals surface area contributed by atoms with Gasteiger partial charge in [-0.3, -0.25) is 0 Å². The third-order valence-corrected chi connectivity index (χ3v) is 3.13. The molecule has 0 atom stereocenters. The van der Waals surface area contributed by atoms with Gasteiger partial charge in [-0.1, -0.05) is 0 Å². The standard InChI is InChI=1S/C11H16N4/c12-10-5-13-7-14-11(10)15(9-3-4-9)6-8-1-2-8/h5,7-9H,1-4,6,12H2. The lowest BCUT2D eigenvalue weighted by molar-refractivity contribution is 0.709. The summed E-state index contributed by atoms with van der Waals surface area (Å²) in [6.07, 6.45) is 8.60. The van der Waals surface area contributed by atoms with Gasteiger partial charge in [0.1, 0.15) is 6.33 Å². The van der Waals surface area contributed by atoms with Crippen molar-refractivity contribution in [1.29, 1.82) is 0 Å². The molecular formula is C11H16N4. The van der Waals surface area contributed by atoms with Crippen molar-refractivity contribution in [2.24, 2.45) is 5.92 Å². The molecule has 80 valence electrons. The lowest BCUT2D eigenvalue weighted by Gasteiger charge is -2.24. The Balaban J connectivity index is 1.83. The van der Waals surface area contributed by atoms with E-state index in [9.17, 15) is 0 Å². The Labute approximate surface area is 89.5 Å².